The number of hydrogen-bond acceptors (Lipinski definition) is 13. The zero-order chi connectivity index (χ0) is 41.4. The van der Waals surface area contributed by atoms with Crippen LogP contribution in [0.2, 0.25) is 0 Å². The Kier molecular flexibility index (Phi) is 12.6. The van der Waals surface area contributed by atoms with E-state index in [9.17, 15) is 19.2 Å². The Labute approximate surface area is 349 Å². The molecule has 1 unspecified atom stereocenters. The molecule has 0 spiro atoms. The van der Waals surface area contributed by atoms with Crippen LogP contribution in [0.3, 0.4) is 0 Å². The zero-order valence-corrected chi connectivity index (χ0v) is 33.7. The van der Waals surface area contributed by atoms with Crippen LogP contribution in [0.15, 0.2) is 143 Å². The number of anilines is 1. The number of amides is 2. The number of nitrogens with one attached hydrogen (secondary N) is 1. The van der Waals surface area contributed by atoms with Crippen LogP contribution in [0.4, 0.5) is 5.13 Å². The first-order valence-corrected chi connectivity index (χ1v) is 20.7. The van der Waals surface area contributed by atoms with Crippen molar-refractivity contribution in [2.75, 3.05) is 11.5 Å². The molecule has 4 heterocycles. The monoisotopic (exact) mass is 828 g/mol. The van der Waals surface area contributed by atoms with Crippen LogP contribution in [0.25, 0.3) is 6.08 Å². The highest BCUT2D eigenvalue weighted by Crippen LogP contribution is 2.43. The van der Waals surface area contributed by atoms with Crippen molar-refractivity contribution in [3.05, 3.63) is 166 Å². The van der Waals surface area contributed by atoms with Gasteiger partial charge in [-0.15, -0.1) is 23.1 Å². The van der Waals surface area contributed by atoms with Gasteiger partial charge in [0.05, 0.1) is 0 Å². The second-order valence-corrected chi connectivity index (χ2v) is 15.4. The summed E-state index contributed by atoms with van der Waals surface area (Å²) in [7, 11) is 0. The van der Waals surface area contributed by atoms with Crippen LogP contribution >= 0.6 is 23.1 Å². The van der Waals surface area contributed by atoms with Crippen molar-refractivity contribution >= 4 is 63.8 Å². The molecule has 300 valence electrons. The Morgan fingerprint density at radius 3 is 2.15 bits per heavy atom. The quantitative estimate of drug-likeness (QED) is 0.0297. The molecule has 1 fully saturated rings. The van der Waals surface area contributed by atoms with E-state index in [4.69, 9.17) is 20.0 Å². The van der Waals surface area contributed by atoms with E-state index in [0.717, 1.165) is 33.6 Å². The van der Waals surface area contributed by atoms with Gasteiger partial charge >= 0.3 is 11.9 Å². The van der Waals surface area contributed by atoms with Gasteiger partial charge in [0, 0.05) is 53.6 Å². The minimum Gasteiger partial charge on any atom is -0.425 e. The van der Waals surface area contributed by atoms with E-state index in [-0.39, 0.29) is 34.4 Å². The number of aromatic nitrogens is 2. The molecular weight excluding hydrogens is 789 g/mol. The number of hydrogen-bond donors (Lipinski definition) is 2. The van der Waals surface area contributed by atoms with Crippen molar-refractivity contribution in [1.82, 2.24) is 20.2 Å². The van der Waals surface area contributed by atoms with Crippen molar-refractivity contribution in [1.29, 1.82) is 0 Å². The standard InChI is InChI=1S/C44H40N6O7S2/c1-3-14-35(51)55-28(2)56-42(54)38-30(23-22-29-15-13-24-46-25-29)26-58-41-37(40(53)50(38)41)48-39(52)36(34-27-59-43(45)47-34)49-57-44(31-16-7-4-8-17-31,32-18-9-5-10-19-32)33-20-11-6-12-21-33/h4-13,15-25,27-28,37,41H,3,14,26H2,1-2H3,(H2,45,47)(H,48,52)/b23-22-,49-36?/t28?,37-,41+/m1/s1. The summed E-state index contributed by atoms with van der Waals surface area (Å²) in [6.45, 7) is 3.26. The second-order valence-electron chi connectivity index (χ2n) is 13.4. The van der Waals surface area contributed by atoms with Gasteiger partial charge in [-0.1, -0.05) is 121 Å². The van der Waals surface area contributed by atoms with Crippen molar-refractivity contribution in [2.24, 2.45) is 5.16 Å². The molecule has 15 heteroatoms. The van der Waals surface area contributed by atoms with Crippen LogP contribution in [0, 0.1) is 0 Å². The van der Waals surface area contributed by atoms with E-state index >= 15 is 0 Å². The summed E-state index contributed by atoms with van der Waals surface area (Å²) in [6, 6.07) is 31.1. The first-order chi connectivity index (χ1) is 28.7. The van der Waals surface area contributed by atoms with E-state index in [1.165, 1.54) is 23.6 Å². The molecular formula is C44H40N6O7S2. The van der Waals surface area contributed by atoms with Crippen molar-refractivity contribution in [2.45, 2.75) is 50.0 Å². The van der Waals surface area contributed by atoms with Gasteiger partial charge in [0.1, 0.15) is 22.8 Å². The number of β-lactam (4-membered cyclic amide) rings is 1. The molecule has 0 bridgehead atoms. The molecule has 0 radical (unpaired) electrons. The van der Waals surface area contributed by atoms with Crippen molar-refractivity contribution in [3.8, 4) is 0 Å². The highest BCUT2D eigenvalue weighted by atomic mass is 32.2. The van der Waals surface area contributed by atoms with Gasteiger partial charge in [0.15, 0.2) is 10.8 Å². The SMILES string of the molecule is CCCC(=O)OC(C)OC(=O)C1=C(/C=C\c2cccnc2)CS[C@H]2[C@H](NC(=O)C(=NOC(c3ccccc3)(c3ccccc3)c3ccccc3)c3csc(N)n3)C(=O)N12. The van der Waals surface area contributed by atoms with Gasteiger partial charge in [-0.05, 0) is 23.6 Å². The maximum absolute atomic E-state index is 14.4. The average Bonchev–Trinajstić information content (AvgIpc) is 3.69. The Hall–Kier alpha value is -6.58. The van der Waals surface area contributed by atoms with E-state index in [1.807, 2.05) is 104 Å². The molecule has 2 amide bonds. The minimum atomic E-state index is -1.32. The third kappa shape index (κ3) is 8.81. The molecule has 2 aliphatic heterocycles. The van der Waals surface area contributed by atoms with Gasteiger partial charge in [-0.25, -0.2) is 9.78 Å². The molecule has 1 saturated heterocycles. The molecule has 3 aromatic carbocycles. The Morgan fingerprint density at radius 1 is 0.949 bits per heavy atom. The predicted octanol–water partition coefficient (Wildman–Crippen LogP) is 6.43. The summed E-state index contributed by atoms with van der Waals surface area (Å²) in [5.74, 6) is -2.40. The van der Waals surface area contributed by atoms with Gasteiger partial charge in [0.2, 0.25) is 11.9 Å². The summed E-state index contributed by atoms with van der Waals surface area (Å²) >= 11 is 2.48. The van der Waals surface area contributed by atoms with Gasteiger partial charge < -0.3 is 25.4 Å². The third-order valence-electron chi connectivity index (χ3n) is 9.46. The van der Waals surface area contributed by atoms with E-state index in [2.05, 4.69) is 20.4 Å². The number of nitrogen functional groups attached to an aromatic ring is 1. The number of thioether (sulfide) groups is 1. The van der Waals surface area contributed by atoms with Crippen LogP contribution in [-0.4, -0.2) is 67.8 Å². The number of carbonyl (C=O) groups is 4. The van der Waals surface area contributed by atoms with E-state index < -0.39 is 47.1 Å². The Balaban J connectivity index is 1.21. The number of nitrogens with two attached hydrogens (primary N) is 1. The van der Waals surface area contributed by atoms with Crippen LogP contribution in [0.5, 0.6) is 0 Å². The lowest BCUT2D eigenvalue weighted by atomic mass is 9.80. The van der Waals surface area contributed by atoms with Gasteiger partial charge in [0.25, 0.3) is 11.8 Å². The molecule has 59 heavy (non-hydrogen) atoms. The maximum atomic E-state index is 14.4. The highest BCUT2D eigenvalue weighted by Gasteiger charge is 2.55. The number of fused-ring (bicyclic) bond motifs is 1. The average molecular weight is 829 g/mol. The number of carbonyl (C=O) groups excluding carboxylic acids is 4. The van der Waals surface area contributed by atoms with Crippen molar-refractivity contribution < 1.29 is 33.5 Å². The number of benzene rings is 3. The lowest BCUT2D eigenvalue weighted by Gasteiger charge is -2.49. The fourth-order valence-corrected chi connectivity index (χ4v) is 8.58. The number of esters is 2. The number of allylic oxidation sites excluding steroid dienone is 1. The van der Waals surface area contributed by atoms with Crippen LogP contribution < -0.4 is 11.1 Å². The smallest absolute Gasteiger partial charge is 0.358 e. The summed E-state index contributed by atoms with van der Waals surface area (Å²) in [5.41, 5.74) is 8.15. The molecule has 5 aromatic rings. The van der Waals surface area contributed by atoms with Crippen LogP contribution in [0.1, 0.15) is 54.6 Å². The fraction of sp³-hybridized carbons (Fsp3) is 0.205. The lowest BCUT2D eigenvalue weighted by molar-refractivity contribution is -0.184. The lowest BCUT2D eigenvalue weighted by Crippen LogP contribution is -2.71. The van der Waals surface area contributed by atoms with Gasteiger partial charge in [-0.3, -0.25) is 24.3 Å². The van der Waals surface area contributed by atoms with Gasteiger partial charge in [-0.2, -0.15) is 0 Å². The summed E-state index contributed by atoms with van der Waals surface area (Å²) in [6.07, 6.45) is 6.30. The topological polar surface area (TPSA) is 175 Å². The highest BCUT2D eigenvalue weighted by molar-refractivity contribution is 8.00. The molecule has 3 atom stereocenters. The Bertz CT molecular complexity index is 2290. The molecule has 2 aliphatic rings. The summed E-state index contributed by atoms with van der Waals surface area (Å²) in [5, 5.41) is 8.48. The van der Waals surface area contributed by atoms with Crippen molar-refractivity contribution in [3.63, 3.8) is 0 Å². The fourth-order valence-electron chi connectivity index (χ4n) is 6.71. The predicted molar refractivity (Wildman–Crippen MR) is 225 cm³/mol. The zero-order valence-electron chi connectivity index (χ0n) is 32.1. The van der Waals surface area contributed by atoms with E-state index in [0.29, 0.717) is 12.0 Å². The Morgan fingerprint density at radius 2 is 1.59 bits per heavy atom. The number of nitrogens with zero attached hydrogens (tertiary/aromatic N) is 4. The molecule has 0 saturated carbocycles. The minimum absolute atomic E-state index is 0.0226. The molecule has 2 aromatic heterocycles. The molecule has 13 nitrogen and oxygen atoms in total. The number of oxime groups is 1. The third-order valence-corrected chi connectivity index (χ3v) is 11.4. The second kappa shape index (κ2) is 18.3. The summed E-state index contributed by atoms with van der Waals surface area (Å²) in [4.78, 5) is 70.9. The largest absolute Gasteiger partial charge is 0.425 e. The number of rotatable bonds is 15. The number of pyridine rings is 1. The summed E-state index contributed by atoms with van der Waals surface area (Å²) < 4.78 is 10.8. The molecule has 3 N–H and O–H groups in total. The first kappa shape index (κ1) is 40.6. The first-order valence-electron chi connectivity index (χ1n) is 18.8. The number of ether oxygens (including phenoxy) is 2. The normalized spacial score (nSPS) is 17.2. The molecule has 7 rings (SSSR count). The molecule has 0 aliphatic carbocycles. The maximum Gasteiger partial charge on any atom is 0.358 e. The number of thiazole rings is 1. The van der Waals surface area contributed by atoms with E-state index in [1.54, 1.807) is 36.0 Å². The van der Waals surface area contributed by atoms with Crippen LogP contribution in [-0.2, 0) is 39.1 Å².